The summed E-state index contributed by atoms with van der Waals surface area (Å²) in [4.78, 5) is 40.5. The number of aromatic nitrogens is 1. The highest BCUT2D eigenvalue weighted by molar-refractivity contribution is 6.10. The van der Waals surface area contributed by atoms with Crippen LogP contribution in [0.2, 0.25) is 0 Å². The third-order valence-corrected chi connectivity index (χ3v) is 5.07. The molecule has 1 aliphatic heterocycles. The third kappa shape index (κ3) is 2.34. The number of non-ortho nitro benzene ring substituents is 1. The van der Waals surface area contributed by atoms with Crippen LogP contribution in [0.15, 0.2) is 18.2 Å². The summed E-state index contributed by atoms with van der Waals surface area (Å²) in [6.45, 7) is 2.27. The Hall–Kier alpha value is -2.96. The molecule has 0 saturated heterocycles. The zero-order chi connectivity index (χ0) is 17.7. The van der Waals surface area contributed by atoms with E-state index in [0.29, 0.717) is 41.9 Å². The first-order valence-corrected chi connectivity index (χ1v) is 8.31. The lowest BCUT2D eigenvalue weighted by molar-refractivity contribution is -0.384. The number of carbonyl (C=O) groups excluding carboxylic acids is 2. The van der Waals surface area contributed by atoms with E-state index in [-0.39, 0.29) is 17.4 Å². The number of H-pyrrole nitrogens is 1. The molecule has 1 aromatic heterocycles. The number of aryl methyl sites for hydroxylation is 1. The standard InChI is InChI=1S/C18H17N3O4/c1-10-16-13(3-2-4-15(16)22)19-17(10)18(23)20-8-7-11-5-6-12(21(24)25)9-14(11)20/h5-6,9,19H,2-4,7-8H2,1H3. The summed E-state index contributed by atoms with van der Waals surface area (Å²) in [5, 5.41) is 11.0. The molecular formula is C18H17N3O4. The van der Waals surface area contributed by atoms with Crippen molar-refractivity contribution in [2.24, 2.45) is 0 Å². The molecule has 7 heteroatoms. The number of rotatable bonds is 2. The molecule has 2 aliphatic rings. The number of nitro groups is 1. The maximum absolute atomic E-state index is 13.0. The van der Waals surface area contributed by atoms with Crippen molar-refractivity contribution in [3.63, 3.8) is 0 Å². The van der Waals surface area contributed by atoms with Crippen LogP contribution in [-0.4, -0.2) is 28.1 Å². The summed E-state index contributed by atoms with van der Waals surface area (Å²) in [7, 11) is 0. The van der Waals surface area contributed by atoms with Crippen molar-refractivity contribution in [1.82, 2.24) is 4.98 Å². The van der Waals surface area contributed by atoms with Crippen molar-refractivity contribution in [1.29, 1.82) is 0 Å². The van der Waals surface area contributed by atoms with Crippen molar-refractivity contribution in [2.45, 2.75) is 32.6 Å². The van der Waals surface area contributed by atoms with Crippen LogP contribution in [0.5, 0.6) is 0 Å². The number of nitro benzene ring substituents is 1. The molecule has 25 heavy (non-hydrogen) atoms. The Morgan fingerprint density at radius 2 is 2.08 bits per heavy atom. The largest absolute Gasteiger partial charge is 0.354 e. The van der Waals surface area contributed by atoms with Gasteiger partial charge in [0.2, 0.25) is 0 Å². The van der Waals surface area contributed by atoms with Gasteiger partial charge in [-0.2, -0.15) is 0 Å². The van der Waals surface area contributed by atoms with Gasteiger partial charge in [-0.1, -0.05) is 6.07 Å². The number of ketones is 1. The molecule has 1 aliphatic carbocycles. The van der Waals surface area contributed by atoms with Crippen LogP contribution >= 0.6 is 0 Å². The Balaban J connectivity index is 1.74. The Morgan fingerprint density at radius 3 is 2.80 bits per heavy atom. The number of carbonyl (C=O) groups is 2. The monoisotopic (exact) mass is 339 g/mol. The highest BCUT2D eigenvalue weighted by atomic mass is 16.6. The van der Waals surface area contributed by atoms with Crippen molar-refractivity contribution in [3.05, 3.63) is 56.4 Å². The summed E-state index contributed by atoms with van der Waals surface area (Å²) in [6.07, 6.45) is 2.73. The number of fused-ring (bicyclic) bond motifs is 2. The van der Waals surface area contributed by atoms with Gasteiger partial charge < -0.3 is 9.88 Å². The average Bonchev–Trinajstić information content (AvgIpc) is 3.16. The molecule has 0 radical (unpaired) electrons. The lowest BCUT2D eigenvalue weighted by atomic mass is 9.94. The molecule has 2 aromatic rings. The van der Waals surface area contributed by atoms with Crippen LogP contribution in [0.1, 0.15) is 50.5 Å². The second-order valence-corrected chi connectivity index (χ2v) is 6.53. The predicted octanol–water partition coefficient (Wildman–Crippen LogP) is 2.95. The highest BCUT2D eigenvalue weighted by Gasteiger charge is 2.32. The predicted molar refractivity (Wildman–Crippen MR) is 91.3 cm³/mol. The van der Waals surface area contributed by atoms with Crippen LogP contribution in [0.4, 0.5) is 11.4 Å². The lowest BCUT2D eigenvalue weighted by Crippen LogP contribution is -2.29. The molecule has 0 saturated carbocycles. The number of nitrogens with zero attached hydrogens (tertiary/aromatic N) is 2. The summed E-state index contributed by atoms with van der Waals surface area (Å²) in [5.74, 6) is -0.162. The van der Waals surface area contributed by atoms with Gasteiger partial charge in [-0.05, 0) is 37.3 Å². The molecule has 0 atom stereocenters. The number of hydrogen-bond donors (Lipinski definition) is 1. The molecule has 1 N–H and O–H groups in total. The first-order chi connectivity index (χ1) is 12.0. The summed E-state index contributed by atoms with van der Waals surface area (Å²) >= 11 is 0. The Morgan fingerprint density at radius 1 is 1.28 bits per heavy atom. The van der Waals surface area contributed by atoms with Gasteiger partial charge in [0.15, 0.2) is 5.78 Å². The first-order valence-electron chi connectivity index (χ1n) is 8.31. The topological polar surface area (TPSA) is 96.3 Å². The molecule has 4 rings (SSSR count). The van der Waals surface area contributed by atoms with Crippen molar-refractivity contribution in [2.75, 3.05) is 11.4 Å². The van der Waals surface area contributed by atoms with E-state index >= 15 is 0 Å². The van der Waals surface area contributed by atoms with E-state index in [0.717, 1.165) is 24.1 Å². The van der Waals surface area contributed by atoms with Crippen molar-refractivity contribution < 1.29 is 14.5 Å². The molecule has 0 spiro atoms. The minimum atomic E-state index is -0.460. The summed E-state index contributed by atoms with van der Waals surface area (Å²) in [5.41, 5.74) is 4.05. The fourth-order valence-electron chi connectivity index (χ4n) is 3.82. The second-order valence-electron chi connectivity index (χ2n) is 6.53. The number of Topliss-reactive ketones (excluding diaryl/α,β-unsaturated/α-hetero) is 1. The zero-order valence-corrected chi connectivity index (χ0v) is 13.8. The van der Waals surface area contributed by atoms with Crippen molar-refractivity contribution in [3.8, 4) is 0 Å². The molecule has 0 unspecified atom stereocenters. The van der Waals surface area contributed by atoms with Crippen LogP contribution in [0.25, 0.3) is 0 Å². The first kappa shape index (κ1) is 15.6. The van der Waals surface area contributed by atoms with E-state index in [4.69, 9.17) is 0 Å². The number of hydrogen-bond acceptors (Lipinski definition) is 4. The zero-order valence-electron chi connectivity index (χ0n) is 13.8. The van der Waals surface area contributed by atoms with Gasteiger partial charge >= 0.3 is 0 Å². The van der Waals surface area contributed by atoms with Gasteiger partial charge in [0.25, 0.3) is 11.6 Å². The third-order valence-electron chi connectivity index (χ3n) is 5.07. The fraction of sp³-hybridized carbons (Fsp3) is 0.333. The molecule has 128 valence electrons. The lowest BCUT2D eigenvalue weighted by Gasteiger charge is -2.17. The van der Waals surface area contributed by atoms with Crippen LogP contribution in [0, 0.1) is 17.0 Å². The van der Waals surface area contributed by atoms with Gasteiger partial charge in [0.1, 0.15) is 5.69 Å². The molecule has 1 aromatic carbocycles. The number of anilines is 1. The Labute approximate surface area is 143 Å². The summed E-state index contributed by atoms with van der Waals surface area (Å²) in [6, 6.07) is 4.62. The molecule has 2 heterocycles. The van der Waals surface area contributed by atoms with Crippen LogP contribution in [-0.2, 0) is 12.8 Å². The van der Waals surface area contributed by atoms with Crippen molar-refractivity contribution >= 4 is 23.1 Å². The smallest absolute Gasteiger partial charge is 0.275 e. The van der Waals surface area contributed by atoms with Gasteiger partial charge in [0, 0.05) is 36.4 Å². The van der Waals surface area contributed by atoms with Crippen LogP contribution < -0.4 is 4.90 Å². The maximum atomic E-state index is 13.0. The minimum absolute atomic E-state index is 0.0314. The van der Waals surface area contributed by atoms with E-state index in [1.165, 1.54) is 12.1 Å². The molecule has 0 fully saturated rings. The minimum Gasteiger partial charge on any atom is -0.354 e. The molecule has 1 amide bonds. The molecule has 0 bridgehead atoms. The number of nitrogens with one attached hydrogen (secondary N) is 1. The Kier molecular flexibility index (Phi) is 3.45. The Bertz CT molecular complexity index is 929. The van der Waals surface area contributed by atoms with Gasteiger partial charge in [-0.15, -0.1) is 0 Å². The SMILES string of the molecule is Cc1c(C(=O)N2CCc3ccc([N+](=O)[O-])cc32)[nH]c2c1C(=O)CCC2. The van der Waals surface area contributed by atoms with Gasteiger partial charge in [-0.25, -0.2) is 0 Å². The highest BCUT2D eigenvalue weighted by Crippen LogP contribution is 2.34. The van der Waals surface area contributed by atoms with E-state index in [1.807, 2.05) is 0 Å². The second kappa shape index (κ2) is 5.54. The normalized spacial score (nSPS) is 15.9. The number of aromatic amines is 1. The molecule has 7 nitrogen and oxygen atoms in total. The van der Waals surface area contributed by atoms with E-state index in [1.54, 1.807) is 17.9 Å². The van der Waals surface area contributed by atoms with E-state index in [2.05, 4.69) is 4.98 Å². The van der Waals surface area contributed by atoms with E-state index < -0.39 is 4.92 Å². The number of amides is 1. The fourth-order valence-corrected chi connectivity index (χ4v) is 3.82. The maximum Gasteiger partial charge on any atom is 0.275 e. The molecular weight excluding hydrogens is 322 g/mol. The average molecular weight is 339 g/mol. The van der Waals surface area contributed by atoms with E-state index in [9.17, 15) is 19.7 Å². The van der Waals surface area contributed by atoms with Gasteiger partial charge in [-0.3, -0.25) is 19.7 Å². The quantitative estimate of drug-likeness (QED) is 0.672. The van der Waals surface area contributed by atoms with Crippen LogP contribution in [0.3, 0.4) is 0 Å². The number of benzene rings is 1. The summed E-state index contributed by atoms with van der Waals surface area (Å²) < 4.78 is 0. The van der Waals surface area contributed by atoms with Gasteiger partial charge in [0.05, 0.1) is 10.6 Å².